The zero-order chi connectivity index (χ0) is 29.6. The number of nitrogens with zero attached hydrogens (tertiary/aromatic N) is 3. The van der Waals surface area contributed by atoms with Crippen LogP contribution in [0.5, 0.6) is 0 Å². The average Bonchev–Trinajstić information content (AvgIpc) is 3.81. The fraction of sp³-hybridized carbons (Fsp3) is 0.290. The molecule has 1 aliphatic heterocycles. The summed E-state index contributed by atoms with van der Waals surface area (Å²) in [5.74, 6) is -2.18. The maximum absolute atomic E-state index is 14.6. The van der Waals surface area contributed by atoms with Crippen LogP contribution in [-0.4, -0.2) is 37.4 Å². The molecule has 7 nitrogen and oxygen atoms in total. The molecule has 6 rings (SSSR count). The molecule has 0 unspecified atom stereocenters. The van der Waals surface area contributed by atoms with E-state index in [1.807, 2.05) is 30.3 Å². The Kier molecular flexibility index (Phi) is 6.92. The van der Waals surface area contributed by atoms with Gasteiger partial charge in [0.15, 0.2) is 6.10 Å². The SMILES string of the molecule is O=C([C@H](O)c1cccc(C(F)(F)F)c1F)N1CCCc2nc(C3(c4cncc(-c5ccccc5)c4)CC3)[nH]c(=O)c2C1. The van der Waals surface area contributed by atoms with Gasteiger partial charge < -0.3 is 15.0 Å². The lowest BCUT2D eigenvalue weighted by atomic mass is 9.93. The van der Waals surface area contributed by atoms with Crippen LogP contribution in [0.1, 0.15) is 59.1 Å². The van der Waals surface area contributed by atoms with Gasteiger partial charge in [-0.1, -0.05) is 42.5 Å². The molecule has 3 heterocycles. The number of hydrogen-bond acceptors (Lipinski definition) is 5. The Bertz CT molecular complexity index is 1720. The summed E-state index contributed by atoms with van der Waals surface area (Å²) in [4.78, 5) is 39.8. The Morgan fingerprint density at radius 1 is 1.05 bits per heavy atom. The molecule has 2 aromatic heterocycles. The number of alkyl halides is 3. The summed E-state index contributed by atoms with van der Waals surface area (Å²) < 4.78 is 54.2. The standard InChI is InChI=1S/C31H26F4N4O3/c32-25-21(8-4-9-23(25)31(33,34)35)26(40)28(42)39-13-5-10-24-22(17-39)27(41)38-29(37-24)30(11-12-30)20-14-19(15-36-16-20)18-6-2-1-3-7-18/h1-4,6-9,14-16,26,40H,5,10-13,17H2,(H,37,38,41)/t26-/m1/s1. The molecule has 4 aromatic rings. The van der Waals surface area contributed by atoms with E-state index in [9.17, 15) is 32.3 Å². The topological polar surface area (TPSA) is 99.2 Å². The normalized spacial score (nSPS) is 16.8. The number of aliphatic hydroxyl groups excluding tert-OH is 1. The van der Waals surface area contributed by atoms with Crippen molar-refractivity contribution in [3.63, 3.8) is 0 Å². The third-order valence-corrected chi connectivity index (χ3v) is 8.07. The number of aromatic nitrogens is 3. The maximum Gasteiger partial charge on any atom is 0.419 e. The number of amides is 1. The van der Waals surface area contributed by atoms with E-state index in [1.54, 1.807) is 12.4 Å². The number of aryl methyl sites for hydroxylation is 1. The van der Waals surface area contributed by atoms with Crippen molar-refractivity contribution in [2.24, 2.45) is 0 Å². The van der Waals surface area contributed by atoms with Crippen LogP contribution < -0.4 is 5.56 Å². The van der Waals surface area contributed by atoms with Gasteiger partial charge in [0, 0.05) is 30.1 Å². The molecule has 2 aliphatic rings. The lowest BCUT2D eigenvalue weighted by Gasteiger charge is -2.24. The van der Waals surface area contributed by atoms with Gasteiger partial charge in [-0.25, -0.2) is 9.37 Å². The van der Waals surface area contributed by atoms with Crippen LogP contribution >= 0.6 is 0 Å². The number of aliphatic hydroxyl groups is 1. The van der Waals surface area contributed by atoms with Crippen LogP contribution in [0, 0.1) is 5.82 Å². The Hall–Kier alpha value is -4.38. The fourth-order valence-corrected chi connectivity index (χ4v) is 5.60. The second kappa shape index (κ2) is 10.5. The minimum absolute atomic E-state index is 0.107. The van der Waals surface area contributed by atoms with E-state index >= 15 is 0 Å². The minimum atomic E-state index is -4.99. The summed E-state index contributed by atoms with van der Waals surface area (Å²) in [6.07, 6.45) is -1.28. The van der Waals surface area contributed by atoms with Crippen molar-refractivity contribution in [3.05, 3.63) is 117 Å². The van der Waals surface area contributed by atoms with Crippen LogP contribution in [-0.2, 0) is 29.4 Å². The summed E-state index contributed by atoms with van der Waals surface area (Å²) in [5.41, 5.74) is 0.366. The molecule has 2 aromatic carbocycles. The van der Waals surface area contributed by atoms with Crippen LogP contribution in [0.3, 0.4) is 0 Å². The summed E-state index contributed by atoms with van der Waals surface area (Å²) in [5, 5.41) is 10.6. The van der Waals surface area contributed by atoms with Gasteiger partial charge in [-0.2, -0.15) is 13.2 Å². The number of carbonyl (C=O) groups is 1. The van der Waals surface area contributed by atoms with Crippen molar-refractivity contribution >= 4 is 5.91 Å². The number of nitrogens with one attached hydrogen (secondary N) is 1. The third-order valence-electron chi connectivity index (χ3n) is 8.07. The largest absolute Gasteiger partial charge is 0.419 e. The lowest BCUT2D eigenvalue weighted by molar-refractivity contribution is -0.143. The smallest absolute Gasteiger partial charge is 0.378 e. The summed E-state index contributed by atoms with van der Waals surface area (Å²) in [6, 6.07) is 14.3. The molecule has 0 spiro atoms. The fourth-order valence-electron chi connectivity index (χ4n) is 5.60. The van der Waals surface area contributed by atoms with Gasteiger partial charge in [0.2, 0.25) is 0 Å². The van der Waals surface area contributed by atoms with E-state index < -0.39 is 46.1 Å². The molecule has 1 atom stereocenters. The maximum atomic E-state index is 14.6. The molecule has 0 bridgehead atoms. The average molecular weight is 579 g/mol. The van der Waals surface area contributed by atoms with Crippen molar-refractivity contribution in [2.75, 3.05) is 6.54 Å². The second-order valence-corrected chi connectivity index (χ2v) is 10.7. The number of hydrogen-bond donors (Lipinski definition) is 2. The highest BCUT2D eigenvalue weighted by Gasteiger charge is 2.49. The minimum Gasteiger partial charge on any atom is -0.378 e. The van der Waals surface area contributed by atoms with E-state index in [0.717, 1.165) is 46.6 Å². The molecule has 1 saturated carbocycles. The van der Waals surface area contributed by atoms with E-state index in [4.69, 9.17) is 4.98 Å². The van der Waals surface area contributed by atoms with Gasteiger partial charge in [0.05, 0.1) is 28.8 Å². The van der Waals surface area contributed by atoms with Crippen molar-refractivity contribution in [2.45, 2.75) is 49.9 Å². The number of halogens is 4. The Morgan fingerprint density at radius 2 is 1.81 bits per heavy atom. The molecule has 11 heteroatoms. The van der Waals surface area contributed by atoms with Crippen molar-refractivity contribution in [1.82, 2.24) is 19.9 Å². The van der Waals surface area contributed by atoms with Gasteiger partial charge in [-0.05, 0) is 48.9 Å². The van der Waals surface area contributed by atoms with Gasteiger partial charge in [0.25, 0.3) is 11.5 Å². The van der Waals surface area contributed by atoms with Crippen LogP contribution in [0.25, 0.3) is 11.1 Å². The van der Waals surface area contributed by atoms with Gasteiger partial charge in [0.1, 0.15) is 11.6 Å². The first-order valence-corrected chi connectivity index (χ1v) is 13.5. The number of aromatic amines is 1. The predicted molar refractivity (Wildman–Crippen MR) is 145 cm³/mol. The highest BCUT2D eigenvalue weighted by molar-refractivity contribution is 5.82. The van der Waals surface area contributed by atoms with E-state index in [-0.39, 0.29) is 18.7 Å². The molecular weight excluding hydrogens is 552 g/mol. The number of pyridine rings is 1. The van der Waals surface area contributed by atoms with Crippen LogP contribution in [0.15, 0.2) is 71.8 Å². The predicted octanol–water partition coefficient (Wildman–Crippen LogP) is 5.08. The molecule has 1 aliphatic carbocycles. The first-order chi connectivity index (χ1) is 20.1. The monoisotopic (exact) mass is 578 g/mol. The molecule has 0 radical (unpaired) electrons. The van der Waals surface area contributed by atoms with Gasteiger partial charge >= 0.3 is 6.18 Å². The molecule has 1 amide bonds. The highest BCUT2D eigenvalue weighted by atomic mass is 19.4. The highest BCUT2D eigenvalue weighted by Crippen LogP contribution is 2.52. The van der Waals surface area contributed by atoms with Gasteiger partial charge in [-0.15, -0.1) is 0 Å². The summed E-state index contributed by atoms with van der Waals surface area (Å²) >= 11 is 0. The van der Waals surface area contributed by atoms with Crippen molar-refractivity contribution in [1.29, 1.82) is 0 Å². The first-order valence-electron chi connectivity index (χ1n) is 13.5. The van der Waals surface area contributed by atoms with Gasteiger partial charge in [-0.3, -0.25) is 14.6 Å². The molecular formula is C31H26F4N4O3. The quantitative estimate of drug-likeness (QED) is 0.322. The lowest BCUT2D eigenvalue weighted by Crippen LogP contribution is -2.37. The zero-order valence-electron chi connectivity index (χ0n) is 22.3. The molecule has 0 saturated heterocycles. The zero-order valence-corrected chi connectivity index (χ0v) is 22.3. The molecule has 1 fully saturated rings. The molecule has 42 heavy (non-hydrogen) atoms. The Morgan fingerprint density at radius 3 is 2.52 bits per heavy atom. The number of H-pyrrole nitrogens is 1. The number of fused-ring (bicyclic) bond motifs is 1. The first kappa shape index (κ1) is 27.8. The third kappa shape index (κ3) is 4.98. The van der Waals surface area contributed by atoms with E-state index in [2.05, 4.69) is 16.0 Å². The van der Waals surface area contributed by atoms with Crippen LogP contribution in [0.4, 0.5) is 17.6 Å². The number of carbonyl (C=O) groups excluding carboxylic acids is 1. The molecule has 2 N–H and O–H groups in total. The Labute approximate surface area is 237 Å². The number of benzene rings is 2. The van der Waals surface area contributed by atoms with E-state index in [1.165, 1.54) is 0 Å². The Balaban J connectivity index is 1.28. The second-order valence-electron chi connectivity index (χ2n) is 10.7. The summed E-state index contributed by atoms with van der Waals surface area (Å²) in [6.45, 7) is -0.109. The summed E-state index contributed by atoms with van der Waals surface area (Å²) in [7, 11) is 0. The van der Waals surface area contributed by atoms with Crippen molar-refractivity contribution in [3.8, 4) is 11.1 Å². The number of rotatable bonds is 5. The van der Waals surface area contributed by atoms with Crippen LogP contribution in [0.2, 0.25) is 0 Å². The molecule has 216 valence electrons. The van der Waals surface area contributed by atoms with E-state index in [0.29, 0.717) is 30.4 Å². The van der Waals surface area contributed by atoms with Crippen molar-refractivity contribution < 1.29 is 27.5 Å².